The van der Waals surface area contributed by atoms with Gasteiger partial charge in [-0.25, -0.2) is 0 Å². The molecule has 0 spiro atoms. The Balaban J connectivity index is 2.38. The van der Waals surface area contributed by atoms with Crippen LogP contribution in [0.1, 0.15) is 9.60 Å². The minimum Gasteiger partial charge on any atom is -0.468 e. The molecule has 1 fully saturated rings. The van der Waals surface area contributed by atoms with Crippen LogP contribution < -0.4 is 10.5 Å². The van der Waals surface area contributed by atoms with Crippen molar-refractivity contribution in [3.63, 3.8) is 0 Å². The van der Waals surface area contributed by atoms with Crippen LogP contribution in [-0.4, -0.2) is 29.2 Å². The molecule has 64 valence electrons. The van der Waals surface area contributed by atoms with E-state index in [0.29, 0.717) is 0 Å². The number of aromatic nitrogens is 2. The average molecular weight is 174 g/mol. The Labute approximate surface area is 79.4 Å². The van der Waals surface area contributed by atoms with Crippen LogP contribution in [0.4, 0.5) is 5.82 Å². The summed E-state index contributed by atoms with van der Waals surface area (Å²) in [5.74, 6) is -1.02. The van der Waals surface area contributed by atoms with E-state index in [2.05, 4.69) is 14.7 Å². The highest BCUT2D eigenvalue weighted by Crippen LogP contribution is 2.12. The number of nitrogens with zero attached hydrogens (tertiary/aromatic N) is 2. The smallest absolute Gasteiger partial charge is 0.234 e. The SMILES string of the molecule is [2H]c1nc([2H])c(OC2([2H])C([2H])([2H])OC2([2H])[2H])nc1N. The largest absolute Gasteiger partial charge is 0.468 e. The fourth-order valence-corrected chi connectivity index (χ4v) is 0.569. The molecule has 5 nitrogen and oxygen atoms in total. The van der Waals surface area contributed by atoms with Crippen molar-refractivity contribution in [2.24, 2.45) is 0 Å². The zero-order valence-electron chi connectivity index (χ0n) is 12.8. The van der Waals surface area contributed by atoms with Crippen molar-refractivity contribution in [1.82, 2.24) is 9.97 Å². The first kappa shape index (κ1) is 2.85. The van der Waals surface area contributed by atoms with E-state index in [4.69, 9.17) is 20.1 Å². The van der Waals surface area contributed by atoms with Gasteiger partial charge in [-0.05, 0) is 0 Å². The van der Waals surface area contributed by atoms with Gasteiger partial charge in [-0.2, -0.15) is 4.98 Å². The van der Waals surface area contributed by atoms with Crippen LogP contribution in [0, 0.1) is 0 Å². The summed E-state index contributed by atoms with van der Waals surface area (Å²) in [5.41, 5.74) is 5.30. The monoisotopic (exact) mass is 174 g/mol. The lowest BCUT2D eigenvalue weighted by Gasteiger charge is -2.25. The third kappa shape index (κ3) is 1.45. The summed E-state index contributed by atoms with van der Waals surface area (Å²) < 4.78 is 60.6. The van der Waals surface area contributed by atoms with E-state index in [-0.39, 0.29) is 5.82 Å². The number of nitrogen functional groups attached to an aromatic ring is 1. The molecule has 5 heteroatoms. The maximum atomic E-state index is 7.69. The molecule has 0 radical (unpaired) electrons. The van der Waals surface area contributed by atoms with Crippen LogP contribution in [0.5, 0.6) is 5.88 Å². The second kappa shape index (κ2) is 2.94. The molecule has 0 amide bonds. The predicted molar refractivity (Wildman–Crippen MR) is 41.7 cm³/mol. The molecule has 1 aromatic rings. The lowest BCUT2D eigenvalue weighted by Crippen LogP contribution is -2.38. The molecule has 0 unspecified atom stereocenters. The standard InChI is InChI=1S/C7H9N3O2/c8-6-1-9-2-7(10-6)12-5-3-11-4-5/h1-2,5H,3-4H2,(H2,8,10)/i1D,2D,3D2,4D2,5D. The number of hydrogen-bond acceptors (Lipinski definition) is 5. The molecule has 0 saturated carbocycles. The summed E-state index contributed by atoms with van der Waals surface area (Å²) in [6.07, 6.45) is -3.86. The molecule has 2 rings (SSSR count). The zero-order chi connectivity index (χ0) is 14.6. The van der Waals surface area contributed by atoms with Crippen molar-refractivity contribution in [2.45, 2.75) is 6.08 Å². The number of rotatable bonds is 2. The van der Waals surface area contributed by atoms with E-state index in [1.807, 2.05) is 0 Å². The third-order valence-corrected chi connectivity index (χ3v) is 1.03. The van der Waals surface area contributed by atoms with Gasteiger partial charge in [-0.3, -0.25) is 4.98 Å². The molecule has 12 heavy (non-hydrogen) atoms. The summed E-state index contributed by atoms with van der Waals surface area (Å²) in [6, 6.07) is 0. The molecule has 0 aliphatic carbocycles. The Morgan fingerprint density at radius 2 is 2.67 bits per heavy atom. The fourth-order valence-electron chi connectivity index (χ4n) is 0.569. The number of hydrogen-bond donors (Lipinski definition) is 1. The molecule has 0 bridgehead atoms. The zero-order valence-corrected chi connectivity index (χ0v) is 5.79. The Morgan fingerprint density at radius 3 is 3.42 bits per heavy atom. The van der Waals surface area contributed by atoms with Crippen LogP contribution in [-0.2, 0) is 4.74 Å². The minimum atomic E-state index is -2.75. The minimum absolute atomic E-state index is 0.379. The average Bonchev–Trinajstić information content (AvgIpc) is 2.23. The van der Waals surface area contributed by atoms with Crippen LogP contribution in [0.15, 0.2) is 12.3 Å². The van der Waals surface area contributed by atoms with Crippen LogP contribution in [0.2, 0.25) is 0 Å². The van der Waals surface area contributed by atoms with E-state index in [0.717, 1.165) is 0 Å². The second-order valence-electron chi connectivity index (χ2n) is 1.87. The third-order valence-electron chi connectivity index (χ3n) is 1.03. The Morgan fingerprint density at radius 1 is 1.83 bits per heavy atom. The van der Waals surface area contributed by atoms with Crippen molar-refractivity contribution >= 4 is 5.82 Å². The molecule has 2 heterocycles. The van der Waals surface area contributed by atoms with Gasteiger partial charge in [0.25, 0.3) is 0 Å². The highest BCUT2D eigenvalue weighted by Gasteiger charge is 2.20. The first-order valence-corrected chi connectivity index (χ1v) is 3.00. The van der Waals surface area contributed by atoms with Gasteiger partial charge in [-0.1, -0.05) is 0 Å². The van der Waals surface area contributed by atoms with Gasteiger partial charge in [0.1, 0.15) is 11.9 Å². The van der Waals surface area contributed by atoms with Crippen LogP contribution in [0.25, 0.3) is 0 Å². The highest BCUT2D eigenvalue weighted by atomic mass is 16.6. The normalized spacial score (nSPS) is 36.5. The molecular weight excluding hydrogens is 158 g/mol. The summed E-state index contributed by atoms with van der Waals surface area (Å²) in [6.45, 7) is -5.45. The van der Waals surface area contributed by atoms with Gasteiger partial charge in [-0.15, -0.1) is 0 Å². The number of anilines is 1. The lowest BCUT2D eigenvalue weighted by atomic mass is 10.3. The number of nitrogens with two attached hydrogens (primary N) is 1. The Bertz CT molecular complexity index is 524. The summed E-state index contributed by atoms with van der Waals surface area (Å²) in [7, 11) is 0. The number of ether oxygens (including phenoxy) is 2. The van der Waals surface area contributed by atoms with Gasteiger partial charge in [0.15, 0.2) is 0 Å². The second-order valence-corrected chi connectivity index (χ2v) is 1.87. The van der Waals surface area contributed by atoms with Crippen LogP contribution in [0.3, 0.4) is 0 Å². The van der Waals surface area contributed by atoms with Crippen molar-refractivity contribution in [1.29, 1.82) is 0 Å². The molecule has 2 N–H and O–H groups in total. The first-order chi connectivity index (χ1) is 8.50. The van der Waals surface area contributed by atoms with Gasteiger partial charge < -0.3 is 15.2 Å². The topological polar surface area (TPSA) is 70.3 Å². The fraction of sp³-hybridized carbons (Fsp3) is 0.429. The highest BCUT2D eigenvalue weighted by molar-refractivity contribution is 5.26. The molecule has 1 aliphatic rings. The van der Waals surface area contributed by atoms with E-state index in [1.165, 1.54) is 0 Å². The maximum absolute atomic E-state index is 7.69. The van der Waals surface area contributed by atoms with Gasteiger partial charge >= 0.3 is 0 Å². The molecule has 1 aliphatic heterocycles. The van der Waals surface area contributed by atoms with Crippen molar-refractivity contribution < 1.29 is 19.1 Å². The molecule has 1 saturated heterocycles. The predicted octanol–water partition coefficient (Wildman–Crippen LogP) is -0.164. The van der Waals surface area contributed by atoms with E-state index in [9.17, 15) is 0 Å². The van der Waals surface area contributed by atoms with Crippen molar-refractivity contribution in [3.05, 3.63) is 12.3 Å². The Kier molecular flexibility index (Phi) is 0.698. The Hall–Kier alpha value is -1.36. The van der Waals surface area contributed by atoms with E-state index < -0.39 is 37.4 Å². The molecule has 0 atom stereocenters. The summed E-state index contributed by atoms with van der Waals surface area (Å²) >= 11 is 0. The van der Waals surface area contributed by atoms with Gasteiger partial charge in [0, 0.05) is 0 Å². The van der Waals surface area contributed by atoms with Gasteiger partial charge in [0.05, 0.1) is 35.1 Å². The lowest BCUT2D eigenvalue weighted by molar-refractivity contribution is -0.0814. The first-order valence-electron chi connectivity index (χ1n) is 6.50. The molecule has 1 aromatic heterocycles. The summed E-state index contributed by atoms with van der Waals surface area (Å²) in [5, 5.41) is 0. The molecule has 0 aromatic carbocycles. The van der Waals surface area contributed by atoms with E-state index in [1.54, 1.807) is 0 Å². The van der Waals surface area contributed by atoms with E-state index >= 15 is 0 Å². The van der Waals surface area contributed by atoms with Crippen molar-refractivity contribution in [2.75, 3.05) is 18.9 Å². The van der Waals surface area contributed by atoms with Crippen molar-refractivity contribution in [3.8, 4) is 5.88 Å². The quantitative estimate of drug-likeness (QED) is 0.674. The van der Waals surface area contributed by atoms with Crippen LogP contribution >= 0.6 is 0 Å². The molecular formula is C7H9N3O2. The maximum Gasteiger partial charge on any atom is 0.234 e. The summed E-state index contributed by atoms with van der Waals surface area (Å²) in [4.78, 5) is 6.84. The van der Waals surface area contributed by atoms with Gasteiger partial charge in [0.2, 0.25) is 5.88 Å².